The quantitative estimate of drug-likeness (QED) is 0.312. The number of halogens is 2. The summed E-state index contributed by atoms with van der Waals surface area (Å²) >= 11 is 12.2. The predicted molar refractivity (Wildman–Crippen MR) is 125 cm³/mol. The second-order valence-corrected chi connectivity index (χ2v) is 9.15. The number of nitrogens with zero attached hydrogens (tertiary/aromatic N) is 2. The van der Waals surface area contributed by atoms with Crippen LogP contribution in [-0.4, -0.2) is 10.1 Å². The van der Waals surface area contributed by atoms with E-state index in [-0.39, 0.29) is 5.41 Å². The molecule has 158 valence electrons. The van der Waals surface area contributed by atoms with Crippen molar-refractivity contribution in [2.24, 2.45) is 0 Å². The zero-order chi connectivity index (χ0) is 22.0. The summed E-state index contributed by atoms with van der Waals surface area (Å²) in [6, 6.07) is 21.2. The SMILES string of the molecule is CC(C)(C)c1ccc(OCc2cccc(-c3nc(-c4ccc(Cl)cc4Cl)no3)c2)cc1. The lowest BCUT2D eigenvalue weighted by atomic mass is 9.87. The van der Waals surface area contributed by atoms with Gasteiger partial charge in [0.15, 0.2) is 0 Å². The lowest BCUT2D eigenvalue weighted by Gasteiger charge is -2.19. The molecule has 0 aliphatic carbocycles. The zero-order valence-electron chi connectivity index (χ0n) is 17.5. The molecular weight excluding hydrogens is 431 g/mol. The molecule has 0 saturated heterocycles. The fourth-order valence-corrected chi connectivity index (χ4v) is 3.63. The summed E-state index contributed by atoms with van der Waals surface area (Å²) < 4.78 is 11.4. The Hall–Kier alpha value is -2.82. The van der Waals surface area contributed by atoms with E-state index in [1.54, 1.807) is 18.2 Å². The van der Waals surface area contributed by atoms with E-state index in [0.29, 0.717) is 33.9 Å². The minimum Gasteiger partial charge on any atom is -0.489 e. The minimum atomic E-state index is 0.117. The molecule has 4 aromatic rings. The smallest absolute Gasteiger partial charge is 0.258 e. The Bertz CT molecular complexity index is 1190. The summed E-state index contributed by atoms with van der Waals surface area (Å²) in [6.07, 6.45) is 0. The van der Waals surface area contributed by atoms with Crippen molar-refractivity contribution in [3.63, 3.8) is 0 Å². The van der Waals surface area contributed by atoms with Gasteiger partial charge in [0.05, 0.1) is 5.02 Å². The Morgan fingerprint density at radius 1 is 0.935 bits per heavy atom. The van der Waals surface area contributed by atoms with Crippen LogP contribution in [0.4, 0.5) is 0 Å². The highest BCUT2D eigenvalue weighted by Crippen LogP contribution is 2.30. The van der Waals surface area contributed by atoms with Crippen LogP contribution in [0.5, 0.6) is 5.75 Å². The first-order chi connectivity index (χ1) is 14.8. The summed E-state index contributed by atoms with van der Waals surface area (Å²) in [5, 5.41) is 5.09. The number of aromatic nitrogens is 2. The van der Waals surface area contributed by atoms with Crippen molar-refractivity contribution < 1.29 is 9.26 Å². The number of rotatable bonds is 5. The van der Waals surface area contributed by atoms with Gasteiger partial charge in [-0.3, -0.25) is 0 Å². The molecular formula is C25H22Cl2N2O2. The first-order valence-electron chi connectivity index (χ1n) is 9.91. The third-order valence-electron chi connectivity index (χ3n) is 4.90. The van der Waals surface area contributed by atoms with Crippen LogP contribution in [0.2, 0.25) is 10.0 Å². The molecule has 0 N–H and O–H groups in total. The van der Waals surface area contributed by atoms with Crippen LogP contribution in [0.25, 0.3) is 22.8 Å². The normalized spacial score (nSPS) is 11.5. The third-order valence-corrected chi connectivity index (χ3v) is 5.45. The molecule has 4 nitrogen and oxygen atoms in total. The topological polar surface area (TPSA) is 48.2 Å². The van der Waals surface area contributed by atoms with Gasteiger partial charge in [0.25, 0.3) is 5.89 Å². The molecule has 6 heteroatoms. The van der Waals surface area contributed by atoms with Gasteiger partial charge in [-0.1, -0.05) is 73.4 Å². The summed E-state index contributed by atoms with van der Waals surface area (Å²) in [7, 11) is 0. The molecule has 0 atom stereocenters. The van der Waals surface area contributed by atoms with Crippen LogP contribution in [0.3, 0.4) is 0 Å². The molecule has 0 amide bonds. The van der Waals surface area contributed by atoms with Gasteiger partial charge in [0, 0.05) is 16.1 Å². The average molecular weight is 453 g/mol. The summed E-state index contributed by atoms with van der Waals surface area (Å²) in [5.41, 5.74) is 3.87. The molecule has 0 spiro atoms. The number of hydrogen-bond acceptors (Lipinski definition) is 4. The van der Waals surface area contributed by atoms with Crippen molar-refractivity contribution in [2.45, 2.75) is 32.8 Å². The van der Waals surface area contributed by atoms with E-state index < -0.39 is 0 Å². The van der Waals surface area contributed by atoms with E-state index in [0.717, 1.165) is 16.9 Å². The van der Waals surface area contributed by atoms with E-state index in [2.05, 4.69) is 43.0 Å². The lowest BCUT2D eigenvalue weighted by molar-refractivity contribution is 0.306. The Morgan fingerprint density at radius 3 is 2.42 bits per heavy atom. The first kappa shape index (κ1) is 21.4. The Balaban J connectivity index is 1.48. The van der Waals surface area contributed by atoms with Crippen LogP contribution < -0.4 is 4.74 Å². The van der Waals surface area contributed by atoms with Crippen molar-refractivity contribution in [3.05, 3.63) is 87.9 Å². The fourth-order valence-electron chi connectivity index (χ4n) is 3.13. The van der Waals surface area contributed by atoms with E-state index in [1.165, 1.54) is 5.56 Å². The molecule has 1 heterocycles. The van der Waals surface area contributed by atoms with Gasteiger partial charge in [-0.05, 0) is 59.0 Å². The summed E-state index contributed by atoms with van der Waals surface area (Å²) in [6.45, 7) is 7.02. The maximum Gasteiger partial charge on any atom is 0.258 e. The monoisotopic (exact) mass is 452 g/mol. The van der Waals surface area contributed by atoms with Gasteiger partial charge in [0.2, 0.25) is 5.82 Å². The van der Waals surface area contributed by atoms with Crippen molar-refractivity contribution in [2.75, 3.05) is 0 Å². The van der Waals surface area contributed by atoms with Gasteiger partial charge >= 0.3 is 0 Å². The van der Waals surface area contributed by atoms with E-state index in [9.17, 15) is 0 Å². The Kier molecular flexibility index (Phi) is 6.03. The van der Waals surface area contributed by atoms with Crippen molar-refractivity contribution in [1.29, 1.82) is 0 Å². The highest BCUT2D eigenvalue weighted by molar-refractivity contribution is 6.36. The van der Waals surface area contributed by atoms with E-state index in [4.69, 9.17) is 32.5 Å². The van der Waals surface area contributed by atoms with Crippen molar-refractivity contribution in [3.8, 4) is 28.6 Å². The average Bonchev–Trinajstić information content (AvgIpc) is 3.22. The van der Waals surface area contributed by atoms with Crippen molar-refractivity contribution >= 4 is 23.2 Å². The maximum absolute atomic E-state index is 6.26. The highest BCUT2D eigenvalue weighted by atomic mass is 35.5. The van der Waals surface area contributed by atoms with Crippen molar-refractivity contribution in [1.82, 2.24) is 10.1 Å². The Morgan fingerprint density at radius 2 is 1.71 bits per heavy atom. The number of benzene rings is 3. The minimum absolute atomic E-state index is 0.117. The van der Waals surface area contributed by atoms with Gasteiger partial charge in [-0.2, -0.15) is 4.98 Å². The molecule has 1 aromatic heterocycles. The number of hydrogen-bond donors (Lipinski definition) is 0. The fraction of sp³-hybridized carbons (Fsp3) is 0.200. The largest absolute Gasteiger partial charge is 0.489 e. The summed E-state index contributed by atoms with van der Waals surface area (Å²) in [4.78, 5) is 4.49. The molecule has 0 saturated carbocycles. The van der Waals surface area contributed by atoms with Gasteiger partial charge in [0.1, 0.15) is 12.4 Å². The second kappa shape index (κ2) is 8.74. The van der Waals surface area contributed by atoms with Crippen LogP contribution in [-0.2, 0) is 12.0 Å². The Labute approximate surface area is 191 Å². The molecule has 4 rings (SSSR count). The standard InChI is InChI=1S/C25H22Cl2N2O2/c1-25(2,3)18-7-10-20(11-8-18)30-15-16-5-4-6-17(13-16)24-28-23(29-31-24)21-12-9-19(26)14-22(21)27/h4-14H,15H2,1-3H3. The molecule has 31 heavy (non-hydrogen) atoms. The van der Waals surface area contributed by atoms with Gasteiger partial charge in [-0.15, -0.1) is 0 Å². The van der Waals surface area contributed by atoms with Crippen LogP contribution in [0, 0.1) is 0 Å². The molecule has 0 fully saturated rings. The summed E-state index contributed by atoms with van der Waals surface area (Å²) in [5.74, 6) is 1.66. The molecule has 0 aliphatic heterocycles. The third kappa shape index (κ3) is 5.09. The van der Waals surface area contributed by atoms with E-state index in [1.807, 2.05) is 36.4 Å². The van der Waals surface area contributed by atoms with Crippen LogP contribution >= 0.6 is 23.2 Å². The number of ether oxygens (including phenoxy) is 1. The molecule has 0 aliphatic rings. The lowest BCUT2D eigenvalue weighted by Crippen LogP contribution is -2.10. The van der Waals surface area contributed by atoms with Crippen LogP contribution in [0.1, 0.15) is 31.9 Å². The predicted octanol–water partition coefficient (Wildman–Crippen LogP) is 7.59. The van der Waals surface area contributed by atoms with Crippen LogP contribution in [0.15, 0.2) is 71.3 Å². The maximum atomic E-state index is 6.26. The first-order valence-corrected chi connectivity index (χ1v) is 10.7. The molecule has 3 aromatic carbocycles. The molecule has 0 radical (unpaired) electrons. The second-order valence-electron chi connectivity index (χ2n) is 8.31. The highest BCUT2D eigenvalue weighted by Gasteiger charge is 2.15. The molecule has 0 bridgehead atoms. The zero-order valence-corrected chi connectivity index (χ0v) is 19.0. The van der Waals surface area contributed by atoms with Gasteiger partial charge in [-0.25, -0.2) is 0 Å². The molecule has 0 unspecified atom stereocenters. The van der Waals surface area contributed by atoms with Gasteiger partial charge < -0.3 is 9.26 Å². The van der Waals surface area contributed by atoms with E-state index >= 15 is 0 Å².